The van der Waals surface area contributed by atoms with Gasteiger partial charge in [-0.1, -0.05) is 42.3 Å². The van der Waals surface area contributed by atoms with Crippen molar-refractivity contribution in [2.75, 3.05) is 27.7 Å². The van der Waals surface area contributed by atoms with Crippen LogP contribution in [-0.4, -0.2) is 52.4 Å². The van der Waals surface area contributed by atoms with Crippen LogP contribution in [0.5, 0.6) is 0 Å². The van der Waals surface area contributed by atoms with Crippen LogP contribution >= 0.6 is 0 Å². The van der Waals surface area contributed by atoms with Gasteiger partial charge in [-0.15, -0.1) is 6.42 Å². The fraction of sp³-hybridized carbons (Fsp3) is 0.310. The molecule has 8 heteroatoms. The molecule has 196 valence electrons. The van der Waals surface area contributed by atoms with Crippen LogP contribution in [0.2, 0.25) is 0 Å². The highest BCUT2D eigenvalue weighted by molar-refractivity contribution is 6.23. The number of amides is 1. The number of nitrogens with two attached hydrogens (primary N) is 1. The number of nitrogens with zero attached hydrogens (tertiary/aromatic N) is 1. The summed E-state index contributed by atoms with van der Waals surface area (Å²) in [4.78, 5) is 35.2. The second-order valence-corrected chi connectivity index (χ2v) is 8.26. The summed E-state index contributed by atoms with van der Waals surface area (Å²) in [7, 11) is 5.61. The van der Waals surface area contributed by atoms with Gasteiger partial charge in [0.1, 0.15) is 6.29 Å². The van der Waals surface area contributed by atoms with Crippen LogP contribution in [0.4, 0.5) is 0 Å². The standard InChI is InChI=1S/C15H21N3.C10H9NO3.C4H7N/c1-11-4-5-13(15(18-3)6-7-15)8-14(11)12(9-16)10-17-2;12-6-9-4-2-1-3-8(9)5-11-10(14)7-13;1-3-4-5-2/h4-5,8-10,18H,6-7,16H2,1-3H3;1-4,6-7H,5H2,(H,11,14);1,5H,4H2,2H3/b12-9+,17-10?;;. The van der Waals surface area contributed by atoms with Crippen LogP contribution in [0.1, 0.15) is 45.5 Å². The lowest BCUT2D eigenvalue weighted by Gasteiger charge is -2.17. The minimum atomic E-state index is -0.689. The van der Waals surface area contributed by atoms with Crippen LogP contribution in [0.15, 0.2) is 53.7 Å². The molecule has 2 aromatic carbocycles. The van der Waals surface area contributed by atoms with Crippen molar-refractivity contribution in [2.24, 2.45) is 10.7 Å². The van der Waals surface area contributed by atoms with E-state index >= 15 is 0 Å². The molecule has 0 spiro atoms. The quantitative estimate of drug-likeness (QED) is 0.180. The van der Waals surface area contributed by atoms with Crippen molar-refractivity contribution < 1.29 is 14.4 Å². The highest BCUT2D eigenvalue weighted by atomic mass is 16.2. The second kappa shape index (κ2) is 16.6. The van der Waals surface area contributed by atoms with E-state index in [-0.39, 0.29) is 18.4 Å². The Bertz CT molecular complexity index is 1140. The first-order valence-electron chi connectivity index (χ1n) is 11.8. The number of carbonyl (C=O) groups is 3. The number of aliphatic imine (C=N–C) groups is 1. The number of aldehydes is 2. The second-order valence-electron chi connectivity index (χ2n) is 8.26. The van der Waals surface area contributed by atoms with Gasteiger partial charge in [0.05, 0.1) is 6.54 Å². The summed E-state index contributed by atoms with van der Waals surface area (Å²) >= 11 is 0. The van der Waals surface area contributed by atoms with E-state index in [4.69, 9.17) is 12.2 Å². The van der Waals surface area contributed by atoms with Crippen molar-refractivity contribution in [3.63, 3.8) is 0 Å². The number of benzene rings is 2. The minimum absolute atomic E-state index is 0.186. The number of terminal acetylenes is 1. The molecule has 1 amide bonds. The average Bonchev–Trinajstić information content (AvgIpc) is 3.73. The van der Waals surface area contributed by atoms with Crippen molar-refractivity contribution in [1.29, 1.82) is 0 Å². The molecule has 2 aromatic rings. The molecule has 5 N–H and O–H groups in total. The SMILES string of the molecule is C#CCNC.CN=C/C(=C\N)c1cc(C2(NC)CC2)ccc1C.O=CC(=O)NCc1ccccc1C=O. The van der Waals surface area contributed by atoms with Crippen molar-refractivity contribution in [3.05, 3.63) is 76.5 Å². The summed E-state index contributed by atoms with van der Waals surface area (Å²) in [6, 6.07) is 13.5. The zero-order valence-electron chi connectivity index (χ0n) is 22.0. The minimum Gasteiger partial charge on any atom is -0.404 e. The van der Waals surface area contributed by atoms with E-state index in [0.29, 0.717) is 24.0 Å². The fourth-order valence-electron chi connectivity index (χ4n) is 3.52. The van der Waals surface area contributed by atoms with Gasteiger partial charge in [0.15, 0.2) is 0 Å². The summed E-state index contributed by atoms with van der Waals surface area (Å²) in [5.41, 5.74) is 11.8. The van der Waals surface area contributed by atoms with E-state index in [1.165, 1.54) is 29.5 Å². The van der Waals surface area contributed by atoms with E-state index < -0.39 is 5.91 Å². The predicted octanol–water partition coefficient (Wildman–Crippen LogP) is 2.36. The molecular weight excluding hydrogens is 466 g/mol. The molecule has 0 bridgehead atoms. The van der Waals surface area contributed by atoms with Crippen LogP contribution < -0.4 is 21.7 Å². The van der Waals surface area contributed by atoms with E-state index in [1.54, 1.807) is 37.5 Å². The molecule has 1 saturated carbocycles. The molecule has 1 aliphatic rings. The Morgan fingerprint density at radius 1 is 1.19 bits per heavy atom. The van der Waals surface area contributed by atoms with Gasteiger partial charge in [-0.05, 0) is 62.2 Å². The average molecular weight is 504 g/mol. The molecular formula is C29H37N5O3. The molecule has 0 saturated heterocycles. The highest BCUT2D eigenvalue weighted by Gasteiger charge is 2.42. The topological polar surface area (TPSA) is 126 Å². The number of aryl methyl sites for hydroxylation is 1. The lowest BCUT2D eigenvalue weighted by atomic mass is 9.95. The lowest BCUT2D eigenvalue weighted by molar-refractivity contribution is -0.131. The Morgan fingerprint density at radius 3 is 2.38 bits per heavy atom. The third-order valence-electron chi connectivity index (χ3n) is 5.80. The number of allylic oxidation sites excluding steroid dienone is 1. The molecule has 3 rings (SSSR count). The van der Waals surface area contributed by atoms with Crippen molar-refractivity contribution in [3.8, 4) is 12.3 Å². The zero-order chi connectivity index (χ0) is 27.7. The molecule has 37 heavy (non-hydrogen) atoms. The molecule has 1 fully saturated rings. The Morgan fingerprint density at radius 2 is 1.89 bits per heavy atom. The predicted molar refractivity (Wildman–Crippen MR) is 150 cm³/mol. The summed E-state index contributed by atoms with van der Waals surface area (Å²) < 4.78 is 0. The monoisotopic (exact) mass is 503 g/mol. The van der Waals surface area contributed by atoms with Gasteiger partial charge in [-0.3, -0.25) is 19.4 Å². The van der Waals surface area contributed by atoms with Crippen LogP contribution in [-0.2, 0) is 21.7 Å². The molecule has 0 radical (unpaired) electrons. The Kier molecular flexibility index (Phi) is 13.9. The number of nitrogens with one attached hydrogen (secondary N) is 3. The van der Waals surface area contributed by atoms with Gasteiger partial charge in [-0.25, -0.2) is 0 Å². The molecule has 0 aromatic heterocycles. The highest BCUT2D eigenvalue weighted by Crippen LogP contribution is 2.45. The van der Waals surface area contributed by atoms with E-state index in [1.807, 2.05) is 20.3 Å². The number of hydrogen-bond acceptors (Lipinski definition) is 7. The van der Waals surface area contributed by atoms with Gasteiger partial charge in [0, 0.05) is 42.7 Å². The van der Waals surface area contributed by atoms with Gasteiger partial charge >= 0.3 is 0 Å². The van der Waals surface area contributed by atoms with E-state index in [9.17, 15) is 14.4 Å². The van der Waals surface area contributed by atoms with Gasteiger partial charge in [0.25, 0.3) is 5.91 Å². The smallest absolute Gasteiger partial charge is 0.284 e. The van der Waals surface area contributed by atoms with Crippen LogP contribution in [0.3, 0.4) is 0 Å². The first kappa shape index (κ1) is 31.0. The molecule has 1 aliphatic carbocycles. The van der Waals surface area contributed by atoms with Crippen molar-refractivity contribution in [1.82, 2.24) is 16.0 Å². The molecule has 0 heterocycles. The number of carbonyl (C=O) groups excluding carboxylic acids is 3. The van der Waals surface area contributed by atoms with Crippen molar-refractivity contribution >= 4 is 30.3 Å². The summed E-state index contributed by atoms with van der Waals surface area (Å²) in [6.07, 6.45) is 11.6. The Labute approximate surface area is 219 Å². The zero-order valence-corrected chi connectivity index (χ0v) is 22.0. The third-order valence-corrected chi connectivity index (χ3v) is 5.80. The molecule has 0 aliphatic heterocycles. The Hall–Kier alpha value is -4.06. The van der Waals surface area contributed by atoms with E-state index in [2.05, 4.69) is 52.0 Å². The maximum absolute atomic E-state index is 10.6. The maximum Gasteiger partial charge on any atom is 0.284 e. The fourth-order valence-corrected chi connectivity index (χ4v) is 3.52. The normalized spacial score (nSPS) is 13.2. The Balaban J connectivity index is 0.000000321. The molecule has 0 atom stereocenters. The van der Waals surface area contributed by atoms with Crippen molar-refractivity contribution in [2.45, 2.75) is 31.8 Å². The van der Waals surface area contributed by atoms with Gasteiger partial charge in [-0.2, -0.15) is 0 Å². The molecule has 0 unspecified atom stereocenters. The maximum atomic E-state index is 10.6. The summed E-state index contributed by atoms with van der Waals surface area (Å²) in [6.45, 7) is 2.96. The molecule has 8 nitrogen and oxygen atoms in total. The largest absolute Gasteiger partial charge is 0.404 e. The number of rotatable bonds is 9. The van der Waals surface area contributed by atoms with E-state index in [0.717, 1.165) is 5.57 Å². The van der Waals surface area contributed by atoms with Gasteiger partial charge < -0.3 is 21.7 Å². The van der Waals surface area contributed by atoms with Crippen LogP contribution in [0, 0.1) is 19.3 Å². The van der Waals surface area contributed by atoms with Crippen LogP contribution in [0.25, 0.3) is 5.57 Å². The summed E-state index contributed by atoms with van der Waals surface area (Å²) in [5, 5.41) is 8.56. The first-order chi connectivity index (χ1) is 17.9. The third kappa shape index (κ3) is 9.84. The first-order valence-corrected chi connectivity index (χ1v) is 11.8. The number of hydrogen-bond donors (Lipinski definition) is 4. The summed E-state index contributed by atoms with van der Waals surface area (Å²) in [5.74, 6) is 1.72. The lowest BCUT2D eigenvalue weighted by Crippen LogP contribution is -2.24. The van der Waals surface area contributed by atoms with Gasteiger partial charge in [0.2, 0.25) is 6.29 Å².